The second-order valence-corrected chi connectivity index (χ2v) is 3.05. The van der Waals surface area contributed by atoms with Crippen molar-refractivity contribution in [3.05, 3.63) is 24.4 Å². The third kappa shape index (κ3) is 2.60. The highest BCUT2D eigenvalue weighted by Gasteiger charge is 2.71. The largest absolute Gasteiger partial charge is 0.446 e. The summed E-state index contributed by atoms with van der Waals surface area (Å²) in [6, 6.07) is 3.33. The van der Waals surface area contributed by atoms with E-state index >= 15 is 0 Å². The number of alkyl halides is 6. The van der Waals surface area contributed by atoms with E-state index in [1.54, 1.807) is 0 Å². The Kier molecular flexibility index (Phi) is 3.24. The maximum atomic E-state index is 12.2. The molecule has 0 saturated heterocycles. The summed E-state index contributed by atoms with van der Waals surface area (Å²) in [7, 11) is 0. The minimum Gasteiger partial charge on any atom is -0.357 e. The molecule has 96 valence electrons. The van der Waals surface area contributed by atoms with Crippen LogP contribution in [-0.4, -0.2) is 28.2 Å². The van der Waals surface area contributed by atoms with E-state index in [1.807, 2.05) is 0 Å². The summed E-state index contributed by atoms with van der Waals surface area (Å²) in [6.07, 6.45) is -10.9. The Morgan fingerprint density at radius 3 is 1.88 bits per heavy atom. The molecule has 0 atom stereocenters. The quantitative estimate of drug-likeness (QED) is 0.633. The molecule has 1 rings (SSSR count). The lowest BCUT2D eigenvalue weighted by Gasteiger charge is -2.32. The van der Waals surface area contributed by atoms with E-state index in [4.69, 9.17) is 5.11 Å². The minimum atomic E-state index is -5.93. The summed E-state index contributed by atoms with van der Waals surface area (Å²) in [5.74, 6) is -0.746. The minimum absolute atomic E-state index is 0.746. The molecule has 0 spiro atoms. The summed E-state index contributed by atoms with van der Waals surface area (Å²) in [6.45, 7) is 0. The molecule has 0 aliphatic carbocycles. The zero-order valence-corrected chi connectivity index (χ0v) is 7.97. The second-order valence-electron chi connectivity index (χ2n) is 3.05. The van der Waals surface area contributed by atoms with E-state index in [2.05, 4.69) is 4.98 Å². The van der Waals surface area contributed by atoms with Crippen molar-refractivity contribution in [2.75, 3.05) is 5.32 Å². The van der Waals surface area contributed by atoms with E-state index in [0.717, 1.165) is 17.6 Å². The number of nitrogens with zero attached hydrogens (tertiary/aromatic N) is 1. The number of hydrogen-bond donors (Lipinski definition) is 2. The Morgan fingerprint density at radius 1 is 1.00 bits per heavy atom. The fourth-order valence-electron chi connectivity index (χ4n) is 0.924. The van der Waals surface area contributed by atoms with Crippen LogP contribution in [0.4, 0.5) is 32.2 Å². The number of pyridine rings is 1. The molecule has 1 heterocycles. The maximum Gasteiger partial charge on any atom is 0.446 e. The lowest BCUT2D eigenvalue weighted by atomic mass is 10.2. The summed E-state index contributed by atoms with van der Waals surface area (Å²) in [4.78, 5) is 3.22. The van der Waals surface area contributed by atoms with Gasteiger partial charge in [-0.05, 0) is 12.1 Å². The molecule has 0 fully saturated rings. The smallest absolute Gasteiger partial charge is 0.357 e. The number of rotatable bonds is 2. The van der Waals surface area contributed by atoms with Crippen molar-refractivity contribution in [1.29, 1.82) is 0 Å². The summed E-state index contributed by atoms with van der Waals surface area (Å²) in [5.41, 5.74) is -5.03. The van der Waals surface area contributed by atoms with Crippen LogP contribution in [0.2, 0.25) is 0 Å². The first-order valence-electron chi connectivity index (χ1n) is 4.13. The predicted molar refractivity (Wildman–Crippen MR) is 44.9 cm³/mol. The van der Waals surface area contributed by atoms with Gasteiger partial charge in [0.2, 0.25) is 0 Å². The van der Waals surface area contributed by atoms with E-state index in [0.29, 0.717) is 0 Å². The van der Waals surface area contributed by atoms with Gasteiger partial charge in [0.25, 0.3) is 0 Å². The second kappa shape index (κ2) is 4.06. The number of aliphatic hydroxyl groups is 1. The summed E-state index contributed by atoms with van der Waals surface area (Å²) >= 11 is 0. The van der Waals surface area contributed by atoms with Gasteiger partial charge in [-0.1, -0.05) is 6.07 Å². The van der Waals surface area contributed by atoms with Crippen LogP contribution in [0.1, 0.15) is 0 Å². The molecule has 1 aromatic heterocycles. The van der Waals surface area contributed by atoms with Gasteiger partial charge in [0.1, 0.15) is 5.82 Å². The third-order valence-corrected chi connectivity index (χ3v) is 1.79. The third-order valence-electron chi connectivity index (χ3n) is 1.79. The van der Waals surface area contributed by atoms with Gasteiger partial charge >= 0.3 is 18.1 Å². The first kappa shape index (κ1) is 13.6. The highest BCUT2D eigenvalue weighted by Crippen LogP contribution is 2.42. The molecule has 3 nitrogen and oxygen atoms in total. The average molecular weight is 260 g/mol. The van der Waals surface area contributed by atoms with E-state index in [1.165, 1.54) is 12.1 Å². The van der Waals surface area contributed by atoms with Gasteiger partial charge in [0, 0.05) is 6.20 Å². The fourth-order valence-corrected chi connectivity index (χ4v) is 0.924. The molecule has 0 amide bonds. The van der Waals surface area contributed by atoms with Gasteiger partial charge in [-0.3, -0.25) is 0 Å². The molecule has 2 N–H and O–H groups in total. The molecule has 0 saturated carbocycles. The highest BCUT2D eigenvalue weighted by molar-refractivity contribution is 5.37. The molecule has 17 heavy (non-hydrogen) atoms. The Hall–Kier alpha value is -1.51. The van der Waals surface area contributed by atoms with Gasteiger partial charge in [-0.25, -0.2) is 4.98 Å². The molecule has 0 aliphatic rings. The normalized spacial score (nSPS) is 13.6. The van der Waals surface area contributed by atoms with Crippen molar-refractivity contribution in [2.45, 2.75) is 18.1 Å². The van der Waals surface area contributed by atoms with E-state index in [-0.39, 0.29) is 0 Å². The Bertz CT molecular complexity index is 360. The lowest BCUT2D eigenvalue weighted by Crippen LogP contribution is -2.62. The van der Waals surface area contributed by atoms with Crippen LogP contribution < -0.4 is 5.32 Å². The molecule has 0 aliphatic heterocycles. The fraction of sp³-hybridized carbons (Fsp3) is 0.375. The predicted octanol–water partition coefficient (Wildman–Crippen LogP) is 2.31. The molecule has 0 bridgehead atoms. The Morgan fingerprint density at radius 2 is 1.53 bits per heavy atom. The van der Waals surface area contributed by atoms with Crippen molar-refractivity contribution in [3.8, 4) is 0 Å². The van der Waals surface area contributed by atoms with Crippen LogP contribution in [0.5, 0.6) is 0 Å². The van der Waals surface area contributed by atoms with E-state index < -0.39 is 23.9 Å². The first-order valence-corrected chi connectivity index (χ1v) is 4.13. The zero-order valence-electron chi connectivity index (χ0n) is 7.97. The van der Waals surface area contributed by atoms with Crippen molar-refractivity contribution < 1.29 is 31.4 Å². The van der Waals surface area contributed by atoms with E-state index in [9.17, 15) is 26.3 Å². The molecule has 9 heteroatoms. The summed E-state index contributed by atoms with van der Waals surface area (Å²) < 4.78 is 73.4. The lowest BCUT2D eigenvalue weighted by molar-refractivity contribution is -0.356. The van der Waals surface area contributed by atoms with Crippen LogP contribution in [-0.2, 0) is 0 Å². The molecular formula is C8H6F6N2O. The highest BCUT2D eigenvalue weighted by atomic mass is 19.4. The SMILES string of the molecule is OC(Nc1ccccn1)(C(F)(F)F)C(F)(F)F. The number of halogens is 6. The van der Waals surface area contributed by atoms with Crippen LogP contribution in [0.25, 0.3) is 0 Å². The Labute approximate surface area is 91.1 Å². The number of aromatic nitrogens is 1. The molecule has 1 aromatic rings. The molecule has 0 unspecified atom stereocenters. The van der Waals surface area contributed by atoms with Crippen LogP contribution in [0.15, 0.2) is 24.4 Å². The van der Waals surface area contributed by atoms with Gasteiger partial charge in [-0.15, -0.1) is 0 Å². The Balaban J connectivity index is 3.11. The number of anilines is 1. The van der Waals surface area contributed by atoms with Crippen LogP contribution in [0.3, 0.4) is 0 Å². The van der Waals surface area contributed by atoms with Gasteiger partial charge < -0.3 is 10.4 Å². The van der Waals surface area contributed by atoms with Gasteiger partial charge in [0.05, 0.1) is 0 Å². The van der Waals surface area contributed by atoms with Crippen LogP contribution >= 0.6 is 0 Å². The molecule has 0 aromatic carbocycles. The van der Waals surface area contributed by atoms with Crippen molar-refractivity contribution in [3.63, 3.8) is 0 Å². The van der Waals surface area contributed by atoms with Gasteiger partial charge in [0.15, 0.2) is 0 Å². The molecule has 0 radical (unpaired) electrons. The zero-order chi connectivity index (χ0) is 13.3. The average Bonchev–Trinajstić information content (AvgIpc) is 2.15. The topological polar surface area (TPSA) is 45.1 Å². The van der Waals surface area contributed by atoms with Crippen molar-refractivity contribution in [1.82, 2.24) is 4.98 Å². The first-order chi connectivity index (χ1) is 7.58. The standard InChI is InChI=1S/C8H6F6N2O/c9-7(10,11)6(17,8(12,13)14)16-5-3-1-2-4-15-5/h1-4,17H,(H,15,16). The number of hydrogen-bond acceptors (Lipinski definition) is 3. The number of nitrogens with one attached hydrogen (secondary N) is 1. The molecular weight excluding hydrogens is 254 g/mol. The van der Waals surface area contributed by atoms with Crippen molar-refractivity contribution >= 4 is 5.82 Å². The van der Waals surface area contributed by atoms with Crippen molar-refractivity contribution in [2.24, 2.45) is 0 Å². The van der Waals surface area contributed by atoms with Gasteiger partial charge in [-0.2, -0.15) is 26.3 Å². The monoisotopic (exact) mass is 260 g/mol. The van der Waals surface area contributed by atoms with Crippen LogP contribution in [0, 0.1) is 0 Å². The maximum absolute atomic E-state index is 12.2. The summed E-state index contributed by atoms with van der Waals surface area (Å²) in [5, 5.41) is 9.67.